The zero-order chi connectivity index (χ0) is 13.5. The molecule has 0 aromatic heterocycles. The van der Waals surface area contributed by atoms with Crippen LogP contribution in [-0.2, 0) is 11.2 Å². The maximum absolute atomic E-state index is 13.0. The molecule has 0 saturated heterocycles. The van der Waals surface area contributed by atoms with Crippen molar-refractivity contribution in [3.63, 3.8) is 0 Å². The van der Waals surface area contributed by atoms with Gasteiger partial charge in [-0.05, 0) is 44.5 Å². The summed E-state index contributed by atoms with van der Waals surface area (Å²) < 4.78 is 19.6. The lowest BCUT2D eigenvalue weighted by molar-refractivity contribution is 0.0338. The van der Waals surface area contributed by atoms with Crippen molar-refractivity contribution in [1.82, 2.24) is 5.32 Å². The normalized spacial score (nSPS) is 14.5. The molecular formula is C14H21BrFNO. The molecule has 0 aliphatic rings. The van der Waals surface area contributed by atoms with Gasteiger partial charge < -0.3 is 10.1 Å². The van der Waals surface area contributed by atoms with Crippen LogP contribution in [-0.4, -0.2) is 25.8 Å². The van der Waals surface area contributed by atoms with Crippen molar-refractivity contribution in [1.29, 1.82) is 0 Å². The number of rotatable bonds is 7. The largest absolute Gasteiger partial charge is 0.377 e. The summed E-state index contributed by atoms with van der Waals surface area (Å²) in [4.78, 5) is 0. The lowest BCUT2D eigenvalue weighted by atomic mass is 9.99. The average molecular weight is 318 g/mol. The molecule has 1 rings (SSSR count). The molecule has 2 unspecified atom stereocenters. The molecule has 102 valence electrons. The molecule has 1 aromatic rings. The molecule has 4 heteroatoms. The highest BCUT2D eigenvalue weighted by Gasteiger charge is 2.20. The number of hydrogen-bond donors (Lipinski definition) is 1. The Kier molecular flexibility index (Phi) is 6.82. The molecular weight excluding hydrogens is 297 g/mol. The van der Waals surface area contributed by atoms with Gasteiger partial charge in [0, 0.05) is 17.1 Å². The fourth-order valence-corrected chi connectivity index (χ4v) is 2.59. The van der Waals surface area contributed by atoms with Crippen LogP contribution < -0.4 is 5.32 Å². The van der Waals surface area contributed by atoms with Gasteiger partial charge in [-0.1, -0.05) is 28.9 Å². The molecule has 1 aromatic carbocycles. The van der Waals surface area contributed by atoms with Crippen molar-refractivity contribution in [3.05, 3.63) is 34.1 Å². The molecule has 0 heterocycles. The summed E-state index contributed by atoms with van der Waals surface area (Å²) >= 11 is 3.41. The first kappa shape index (κ1) is 15.6. The van der Waals surface area contributed by atoms with Crippen LogP contribution in [0, 0.1) is 5.82 Å². The van der Waals surface area contributed by atoms with Crippen LogP contribution in [0.1, 0.15) is 25.8 Å². The van der Waals surface area contributed by atoms with Crippen LogP contribution in [0.2, 0.25) is 0 Å². The molecule has 2 nitrogen and oxygen atoms in total. The summed E-state index contributed by atoms with van der Waals surface area (Å²) in [5, 5.41) is 3.29. The summed E-state index contributed by atoms with van der Waals surface area (Å²) in [5.41, 5.74) is 1.09. The smallest absolute Gasteiger partial charge is 0.124 e. The minimum Gasteiger partial charge on any atom is -0.377 e. The molecule has 0 saturated carbocycles. The van der Waals surface area contributed by atoms with Crippen LogP contribution in [0.25, 0.3) is 0 Å². The molecule has 2 atom stereocenters. The Morgan fingerprint density at radius 3 is 2.61 bits per heavy atom. The van der Waals surface area contributed by atoms with E-state index in [0.29, 0.717) is 6.61 Å². The van der Waals surface area contributed by atoms with E-state index in [2.05, 4.69) is 28.2 Å². The first-order valence-electron chi connectivity index (χ1n) is 6.35. The van der Waals surface area contributed by atoms with Crippen LogP contribution >= 0.6 is 15.9 Å². The van der Waals surface area contributed by atoms with E-state index in [0.717, 1.165) is 22.9 Å². The van der Waals surface area contributed by atoms with Crippen molar-refractivity contribution in [2.75, 3.05) is 13.7 Å². The average Bonchev–Trinajstić information content (AvgIpc) is 2.36. The van der Waals surface area contributed by atoms with Gasteiger partial charge in [0.25, 0.3) is 0 Å². The summed E-state index contributed by atoms with van der Waals surface area (Å²) in [6.07, 6.45) is 1.95. The monoisotopic (exact) mass is 317 g/mol. The summed E-state index contributed by atoms with van der Waals surface area (Å²) in [5.74, 6) is -0.219. The molecule has 1 N–H and O–H groups in total. The van der Waals surface area contributed by atoms with Gasteiger partial charge in [0.15, 0.2) is 0 Å². The standard InChI is InChI=1S/C14H21BrFNO/c1-4-14(18-5-2)13(17-3)8-10-6-7-11(16)9-12(10)15/h6-7,9,13-14,17H,4-5,8H2,1-3H3. The Morgan fingerprint density at radius 1 is 1.39 bits per heavy atom. The summed E-state index contributed by atoms with van der Waals surface area (Å²) in [6.45, 7) is 4.83. The second kappa shape index (κ2) is 7.87. The molecule has 0 radical (unpaired) electrons. The van der Waals surface area contributed by atoms with Crippen molar-refractivity contribution in [2.45, 2.75) is 38.8 Å². The summed E-state index contributed by atoms with van der Waals surface area (Å²) in [6, 6.07) is 5.05. The third-order valence-electron chi connectivity index (χ3n) is 3.06. The minimum atomic E-state index is -0.219. The quantitative estimate of drug-likeness (QED) is 0.830. The molecule has 0 aliphatic carbocycles. The maximum Gasteiger partial charge on any atom is 0.124 e. The Morgan fingerprint density at radius 2 is 2.11 bits per heavy atom. The SMILES string of the molecule is CCOC(CC)C(Cc1ccc(F)cc1Br)NC. The van der Waals surface area contributed by atoms with Crippen molar-refractivity contribution < 1.29 is 9.13 Å². The van der Waals surface area contributed by atoms with Crippen LogP contribution in [0.4, 0.5) is 4.39 Å². The van der Waals surface area contributed by atoms with E-state index in [1.54, 1.807) is 0 Å². The first-order chi connectivity index (χ1) is 8.62. The van der Waals surface area contributed by atoms with E-state index >= 15 is 0 Å². The number of nitrogens with one attached hydrogen (secondary N) is 1. The van der Waals surface area contributed by atoms with E-state index < -0.39 is 0 Å². The minimum absolute atomic E-state index is 0.178. The second-order valence-electron chi connectivity index (χ2n) is 4.24. The zero-order valence-electron chi connectivity index (χ0n) is 11.2. The van der Waals surface area contributed by atoms with Crippen LogP contribution in [0.15, 0.2) is 22.7 Å². The third-order valence-corrected chi connectivity index (χ3v) is 3.80. The van der Waals surface area contributed by atoms with E-state index in [-0.39, 0.29) is 18.0 Å². The highest BCUT2D eigenvalue weighted by atomic mass is 79.9. The van der Waals surface area contributed by atoms with Gasteiger partial charge in [0.1, 0.15) is 5.82 Å². The molecule has 0 spiro atoms. The van der Waals surface area contributed by atoms with Gasteiger partial charge in [0.05, 0.1) is 6.10 Å². The predicted octanol–water partition coefficient (Wildman–Crippen LogP) is 3.53. The van der Waals surface area contributed by atoms with Crippen LogP contribution in [0.5, 0.6) is 0 Å². The number of likely N-dealkylation sites (N-methyl/N-ethyl adjacent to an activating group) is 1. The lowest BCUT2D eigenvalue weighted by Gasteiger charge is -2.26. The highest BCUT2D eigenvalue weighted by Crippen LogP contribution is 2.21. The van der Waals surface area contributed by atoms with E-state index in [1.165, 1.54) is 12.1 Å². The van der Waals surface area contributed by atoms with Gasteiger partial charge in [-0.2, -0.15) is 0 Å². The van der Waals surface area contributed by atoms with Gasteiger partial charge >= 0.3 is 0 Å². The molecule has 0 bridgehead atoms. The van der Waals surface area contributed by atoms with Crippen molar-refractivity contribution >= 4 is 15.9 Å². The molecule has 0 aliphatic heterocycles. The Balaban J connectivity index is 2.78. The topological polar surface area (TPSA) is 21.3 Å². The fraction of sp³-hybridized carbons (Fsp3) is 0.571. The lowest BCUT2D eigenvalue weighted by Crippen LogP contribution is -2.40. The number of benzene rings is 1. The molecule has 0 fully saturated rings. The van der Waals surface area contributed by atoms with Crippen molar-refractivity contribution in [2.24, 2.45) is 0 Å². The Hall–Kier alpha value is -0.450. The maximum atomic E-state index is 13.0. The van der Waals surface area contributed by atoms with E-state index in [4.69, 9.17) is 4.74 Å². The molecule has 18 heavy (non-hydrogen) atoms. The number of ether oxygens (including phenoxy) is 1. The van der Waals surface area contributed by atoms with Gasteiger partial charge in [-0.3, -0.25) is 0 Å². The zero-order valence-corrected chi connectivity index (χ0v) is 12.8. The number of halogens is 2. The second-order valence-corrected chi connectivity index (χ2v) is 5.09. The summed E-state index contributed by atoms with van der Waals surface area (Å²) in [7, 11) is 1.93. The van der Waals surface area contributed by atoms with Gasteiger partial charge in [0.2, 0.25) is 0 Å². The Labute approximate surface area is 117 Å². The molecule has 0 amide bonds. The third kappa shape index (κ3) is 4.34. The van der Waals surface area contributed by atoms with Gasteiger partial charge in [-0.15, -0.1) is 0 Å². The van der Waals surface area contributed by atoms with Crippen LogP contribution in [0.3, 0.4) is 0 Å². The number of hydrogen-bond acceptors (Lipinski definition) is 2. The highest BCUT2D eigenvalue weighted by molar-refractivity contribution is 9.10. The van der Waals surface area contributed by atoms with E-state index in [9.17, 15) is 4.39 Å². The van der Waals surface area contributed by atoms with E-state index in [1.807, 2.05) is 20.0 Å². The van der Waals surface area contributed by atoms with Crippen molar-refractivity contribution in [3.8, 4) is 0 Å². The Bertz CT molecular complexity index is 373. The first-order valence-corrected chi connectivity index (χ1v) is 7.14. The predicted molar refractivity (Wildman–Crippen MR) is 76.4 cm³/mol. The fourth-order valence-electron chi connectivity index (χ4n) is 2.08. The van der Waals surface area contributed by atoms with Gasteiger partial charge in [-0.25, -0.2) is 4.39 Å².